The van der Waals surface area contributed by atoms with Crippen LogP contribution in [0.2, 0.25) is 0 Å². The maximum Gasteiger partial charge on any atom is 0.200 e. The van der Waals surface area contributed by atoms with Gasteiger partial charge in [-0.25, -0.2) is 4.99 Å². The lowest BCUT2D eigenvalue weighted by Crippen LogP contribution is -2.35. The van der Waals surface area contributed by atoms with E-state index in [-0.39, 0.29) is 5.41 Å². The first-order valence-corrected chi connectivity index (χ1v) is 7.51. The highest BCUT2D eigenvalue weighted by Gasteiger charge is 2.28. The smallest absolute Gasteiger partial charge is 0.200 e. The van der Waals surface area contributed by atoms with Gasteiger partial charge in [0.25, 0.3) is 0 Å². The normalized spacial score (nSPS) is 22.7. The van der Waals surface area contributed by atoms with Gasteiger partial charge in [0.2, 0.25) is 0 Å². The Labute approximate surface area is 129 Å². The zero-order valence-corrected chi connectivity index (χ0v) is 14.1. The van der Waals surface area contributed by atoms with Crippen LogP contribution in [0.3, 0.4) is 0 Å². The topological polar surface area (TPSA) is 18.8 Å². The molecule has 2 aliphatic carbocycles. The van der Waals surface area contributed by atoms with E-state index in [0.717, 1.165) is 18.1 Å². The van der Waals surface area contributed by atoms with Crippen molar-refractivity contribution < 1.29 is 0 Å². The number of aliphatic imine (C=N–C) groups is 1. The zero-order chi connectivity index (χ0) is 15.6. The zero-order valence-electron chi connectivity index (χ0n) is 14.1. The SMILES string of the molecule is CN(C)C(=NC1=CC=CC2=CC=CC(C)(C)CC21)N(C)C. The minimum atomic E-state index is 0.194. The van der Waals surface area contributed by atoms with Gasteiger partial charge in [0, 0.05) is 34.1 Å². The largest absolute Gasteiger partial charge is 0.349 e. The van der Waals surface area contributed by atoms with Gasteiger partial charge < -0.3 is 9.80 Å². The molecular weight excluding hydrogens is 258 g/mol. The number of fused-ring (bicyclic) bond motifs is 1. The molecule has 0 spiro atoms. The summed E-state index contributed by atoms with van der Waals surface area (Å²) in [6, 6.07) is 0. The predicted molar refractivity (Wildman–Crippen MR) is 91.1 cm³/mol. The fourth-order valence-electron chi connectivity index (χ4n) is 2.90. The average Bonchev–Trinajstić information content (AvgIpc) is 2.52. The molecule has 21 heavy (non-hydrogen) atoms. The first-order valence-electron chi connectivity index (χ1n) is 7.51. The van der Waals surface area contributed by atoms with Gasteiger partial charge in [0.1, 0.15) is 0 Å². The summed E-state index contributed by atoms with van der Waals surface area (Å²) in [5, 5.41) is 0. The molecule has 0 fully saturated rings. The van der Waals surface area contributed by atoms with Gasteiger partial charge in [-0.2, -0.15) is 0 Å². The van der Waals surface area contributed by atoms with Crippen molar-refractivity contribution in [2.24, 2.45) is 16.3 Å². The van der Waals surface area contributed by atoms with Crippen LogP contribution < -0.4 is 0 Å². The maximum atomic E-state index is 4.94. The summed E-state index contributed by atoms with van der Waals surface area (Å²) in [5.41, 5.74) is 2.70. The Morgan fingerprint density at radius 2 is 1.76 bits per heavy atom. The Balaban J connectivity index is 2.38. The van der Waals surface area contributed by atoms with Crippen LogP contribution >= 0.6 is 0 Å². The molecule has 1 unspecified atom stereocenters. The van der Waals surface area contributed by atoms with E-state index in [0.29, 0.717) is 5.92 Å². The van der Waals surface area contributed by atoms with Gasteiger partial charge in [-0.05, 0) is 23.5 Å². The first-order chi connectivity index (χ1) is 9.80. The van der Waals surface area contributed by atoms with E-state index in [1.54, 1.807) is 0 Å². The minimum absolute atomic E-state index is 0.194. The molecule has 2 rings (SSSR count). The Kier molecular flexibility index (Phi) is 4.40. The van der Waals surface area contributed by atoms with Crippen molar-refractivity contribution in [3.05, 3.63) is 47.7 Å². The van der Waals surface area contributed by atoms with E-state index in [4.69, 9.17) is 4.99 Å². The van der Waals surface area contributed by atoms with Crippen molar-refractivity contribution in [1.82, 2.24) is 9.80 Å². The lowest BCUT2D eigenvalue weighted by atomic mass is 9.78. The van der Waals surface area contributed by atoms with Crippen molar-refractivity contribution in [2.45, 2.75) is 20.3 Å². The summed E-state index contributed by atoms with van der Waals surface area (Å²) in [6.45, 7) is 4.58. The number of hydrogen-bond donors (Lipinski definition) is 0. The first kappa shape index (κ1) is 15.6. The van der Waals surface area contributed by atoms with Crippen LogP contribution in [-0.4, -0.2) is 44.0 Å². The Morgan fingerprint density at radius 1 is 1.10 bits per heavy atom. The number of nitrogens with zero attached hydrogens (tertiary/aromatic N) is 3. The van der Waals surface area contributed by atoms with Crippen LogP contribution in [0.5, 0.6) is 0 Å². The fourth-order valence-corrected chi connectivity index (χ4v) is 2.90. The summed E-state index contributed by atoms with van der Waals surface area (Å²) < 4.78 is 0. The van der Waals surface area contributed by atoms with Crippen molar-refractivity contribution in [2.75, 3.05) is 28.2 Å². The number of guanidine groups is 1. The molecule has 0 aromatic heterocycles. The van der Waals surface area contributed by atoms with Crippen molar-refractivity contribution in [1.29, 1.82) is 0 Å². The molecule has 0 N–H and O–H groups in total. The number of allylic oxidation sites excluding steroid dienone is 7. The highest BCUT2D eigenvalue weighted by atomic mass is 15.3. The van der Waals surface area contributed by atoms with Crippen LogP contribution in [-0.2, 0) is 0 Å². The van der Waals surface area contributed by atoms with E-state index < -0.39 is 0 Å². The molecule has 0 amide bonds. The second-order valence-corrected chi connectivity index (χ2v) is 6.92. The Bertz CT molecular complexity index is 533. The molecule has 0 saturated heterocycles. The van der Waals surface area contributed by atoms with E-state index in [2.05, 4.69) is 60.1 Å². The number of rotatable bonds is 1. The molecule has 0 aromatic carbocycles. The van der Waals surface area contributed by atoms with Gasteiger partial charge in [0.05, 0.1) is 5.70 Å². The molecule has 114 valence electrons. The van der Waals surface area contributed by atoms with Gasteiger partial charge in [-0.15, -0.1) is 0 Å². The third-order valence-electron chi connectivity index (χ3n) is 3.91. The highest BCUT2D eigenvalue weighted by Crippen LogP contribution is 2.39. The van der Waals surface area contributed by atoms with E-state index in [9.17, 15) is 0 Å². The minimum Gasteiger partial charge on any atom is -0.349 e. The highest BCUT2D eigenvalue weighted by molar-refractivity contribution is 5.80. The van der Waals surface area contributed by atoms with Crippen LogP contribution in [0.1, 0.15) is 20.3 Å². The molecule has 3 nitrogen and oxygen atoms in total. The van der Waals surface area contributed by atoms with E-state index in [1.165, 1.54) is 5.57 Å². The van der Waals surface area contributed by atoms with E-state index in [1.807, 2.05) is 28.2 Å². The molecule has 0 aromatic rings. The third kappa shape index (κ3) is 3.66. The quantitative estimate of drug-likeness (QED) is 0.543. The molecule has 0 radical (unpaired) electrons. The molecule has 0 aliphatic heterocycles. The second kappa shape index (κ2) is 5.92. The lowest BCUT2D eigenvalue weighted by Gasteiger charge is -2.30. The molecule has 0 saturated carbocycles. The lowest BCUT2D eigenvalue weighted by molar-refractivity contribution is 0.389. The maximum absolute atomic E-state index is 4.94. The summed E-state index contributed by atoms with van der Waals surface area (Å²) in [6.07, 6.45) is 14.3. The molecule has 0 bridgehead atoms. The van der Waals surface area contributed by atoms with Gasteiger partial charge in [-0.1, -0.05) is 44.2 Å². The molecular formula is C18H27N3. The third-order valence-corrected chi connectivity index (χ3v) is 3.91. The molecule has 0 heterocycles. The van der Waals surface area contributed by atoms with Gasteiger partial charge in [0.15, 0.2) is 5.96 Å². The van der Waals surface area contributed by atoms with Crippen molar-refractivity contribution >= 4 is 5.96 Å². The fraction of sp³-hybridized carbons (Fsp3) is 0.500. The standard InChI is InChI=1S/C18H27N3/c1-18(2)12-8-10-14-9-7-11-16(15(14)13-18)19-17(20(3)4)21(5)6/h7-12,15H,13H2,1-6H3. The van der Waals surface area contributed by atoms with Gasteiger partial charge in [-0.3, -0.25) is 0 Å². The van der Waals surface area contributed by atoms with Crippen LogP contribution in [0.4, 0.5) is 0 Å². The van der Waals surface area contributed by atoms with Crippen molar-refractivity contribution in [3.8, 4) is 0 Å². The molecule has 1 atom stereocenters. The summed E-state index contributed by atoms with van der Waals surface area (Å²) in [4.78, 5) is 9.05. The Morgan fingerprint density at radius 3 is 2.38 bits per heavy atom. The monoisotopic (exact) mass is 285 g/mol. The van der Waals surface area contributed by atoms with Crippen LogP contribution in [0.25, 0.3) is 0 Å². The summed E-state index contributed by atoms with van der Waals surface area (Å²) in [5.74, 6) is 1.35. The molecule has 2 aliphatic rings. The Hall–Kier alpha value is -1.77. The average molecular weight is 285 g/mol. The van der Waals surface area contributed by atoms with Crippen molar-refractivity contribution in [3.63, 3.8) is 0 Å². The summed E-state index contributed by atoms with van der Waals surface area (Å²) >= 11 is 0. The summed E-state index contributed by atoms with van der Waals surface area (Å²) in [7, 11) is 8.14. The van der Waals surface area contributed by atoms with Crippen LogP contribution in [0.15, 0.2) is 52.7 Å². The van der Waals surface area contributed by atoms with Crippen LogP contribution in [0, 0.1) is 11.3 Å². The van der Waals surface area contributed by atoms with Gasteiger partial charge >= 0.3 is 0 Å². The number of hydrogen-bond acceptors (Lipinski definition) is 1. The predicted octanol–water partition coefficient (Wildman–Crippen LogP) is 3.45. The molecule has 3 heteroatoms. The second-order valence-electron chi connectivity index (χ2n) is 6.92. The van der Waals surface area contributed by atoms with E-state index >= 15 is 0 Å².